The molecule has 2 rings (SSSR count). The Morgan fingerprint density at radius 2 is 1.80 bits per heavy atom. The third kappa shape index (κ3) is 5.38. The van der Waals surface area contributed by atoms with Gasteiger partial charge in [-0.25, -0.2) is 0 Å². The van der Waals surface area contributed by atoms with Crippen molar-refractivity contribution in [1.29, 1.82) is 0 Å². The Bertz CT molecular complexity index is 310. The molecule has 20 heavy (non-hydrogen) atoms. The van der Waals surface area contributed by atoms with E-state index in [1.165, 1.54) is 19.4 Å². The van der Waals surface area contributed by atoms with E-state index >= 15 is 0 Å². The van der Waals surface area contributed by atoms with Gasteiger partial charge in [-0.1, -0.05) is 13.8 Å². The molecule has 0 bridgehead atoms. The lowest BCUT2D eigenvalue weighted by atomic mass is 10.1. The van der Waals surface area contributed by atoms with Crippen LogP contribution in [0, 0.1) is 5.92 Å². The number of nitrogens with zero attached hydrogens (tertiary/aromatic N) is 2. The van der Waals surface area contributed by atoms with Crippen molar-refractivity contribution >= 4 is 5.97 Å². The number of nitrogens with one attached hydrogen (secondary N) is 1. The van der Waals surface area contributed by atoms with E-state index in [4.69, 9.17) is 0 Å². The number of rotatable bonds is 8. The summed E-state index contributed by atoms with van der Waals surface area (Å²) in [7, 11) is 0. The molecule has 1 saturated heterocycles. The lowest BCUT2D eigenvalue weighted by molar-refractivity contribution is -0.140. The van der Waals surface area contributed by atoms with Gasteiger partial charge in [0.05, 0.1) is 0 Å². The number of aliphatic carboxylic acids is 1. The highest BCUT2D eigenvalue weighted by atomic mass is 16.4. The first-order valence-corrected chi connectivity index (χ1v) is 7.98. The number of carboxylic acids is 1. The molecule has 1 unspecified atom stereocenters. The van der Waals surface area contributed by atoms with E-state index in [-0.39, 0.29) is 6.04 Å². The molecule has 1 aliphatic carbocycles. The maximum atomic E-state index is 11.2. The molecule has 5 nitrogen and oxygen atoms in total. The van der Waals surface area contributed by atoms with Gasteiger partial charge in [-0.2, -0.15) is 0 Å². The SMILES string of the molecule is CC(C)NC(CCN1CCN(CC2CC2)CC1)C(=O)O. The summed E-state index contributed by atoms with van der Waals surface area (Å²) in [6.07, 6.45) is 3.53. The molecule has 1 atom stereocenters. The molecule has 116 valence electrons. The summed E-state index contributed by atoms with van der Waals surface area (Å²) in [6.45, 7) is 10.6. The average molecular weight is 283 g/mol. The van der Waals surface area contributed by atoms with Crippen molar-refractivity contribution < 1.29 is 9.90 Å². The molecule has 0 radical (unpaired) electrons. The molecule has 0 aromatic carbocycles. The lowest BCUT2D eigenvalue weighted by Crippen LogP contribution is -2.49. The second-order valence-electron chi connectivity index (χ2n) is 6.59. The Kier molecular flexibility index (Phi) is 5.81. The summed E-state index contributed by atoms with van der Waals surface area (Å²) >= 11 is 0. The van der Waals surface area contributed by atoms with Crippen LogP contribution < -0.4 is 5.32 Å². The Balaban J connectivity index is 1.64. The zero-order valence-electron chi connectivity index (χ0n) is 12.8. The summed E-state index contributed by atoms with van der Waals surface area (Å²) in [4.78, 5) is 16.2. The van der Waals surface area contributed by atoms with Gasteiger partial charge in [0.15, 0.2) is 0 Å². The highest BCUT2D eigenvalue weighted by Gasteiger charge is 2.27. The van der Waals surface area contributed by atoms with Gasteiger partial charge >= 0.3 is 5.97 Å². The zero-order valence-corrected chi connectivity index (χ0v) is 12.8. The van der Waals surface area contributed by atoms with Crippen LogP contribution in [-0.4, -0.2) is 72.2 Å². The van der Waals surface area contributed by atoms with Crippen LogP contribution in [0.5, 0.6) is 0 Å². The third-order valence-electron chi connectivity index (χ3n) is 4.24. The van der Waals surface area contributed by atoms with E-state index in [1.54, 1.807) is 0 Å². The summed E-state index contributed by atoms with van der Waals surface area (Å²) in [6, 6.07) is -0.203. The average Bonchev–Trinajstić information content (AvgIpc) is 3.19. The summed E-state index contributed by atoms with van der Waals surface area (Å²) in [5.74, 6) is 0.235. The minimum absolute atomic E-state index is 0.214. The Morgan fingerprint density at radius 3 is 2.30 bits per heavy atom. The first-order valence-electron chi connectivity index (χ1n) is 7.98. The van der Waals surface area contributed by atoms with Crippen LogP contribution in [0.2, 0.25) is 0 Å². The van der Waals surface area contributed by atoms with Crippen molar-refractivity contribution in [3.05, 3.63) is 0 Å². The minimum atomic E-state index is -0.730. The van der Waals surface area contributed by atoms with Crippen LogP contribution in [0.3, 0.4) is 0 Å². The second kappa shape index (κ2) is 7.38. The maximum absolute atomic E-state index is 11.2. The van der Waals surface area contributed by atoms with Crippen molar-refractivity contribution in [2.24, 2.45) is 5.92 Å². The van der Waals surface area contributed by atoms with E-state index in [0.29, 0.717) is 6.42 Å². The van der Waals surface area contributed by atoms with Gasteiger partial charge in [0.25, 0.3) is 0 Å². The van der Waals surface area contributed by atoms with Crippen LogP contribution >= 0.6 is 0 Å². The van der Waals surface area contributed by atoms with Crippen molar-refractivity contribution in [2.75, 3.05) is 39.3 Å². The van der Waals surface area contributed by atoms with E-state index in [0.717, 1.165) is 38.6 Å². The highest BCUT2D eigenvalue weighted by Crippen LogP contribution is 2.29. The van der Waals surface area contributed by atoms with E-state index in [2.05, 4.69) is 15.1 Å². The van der Waals surface area contributed by atoms with Gasteiger partial charge in [0, 0.05) is 45.3 Å². The molecule has 1 heterocycles. The topological polar surface area (TPSA) is 55.8 Å². The van der Waals surface area contributed by atoms with Gasteiger partial charge < -0.3 is 20.2 Å². The standard InChI is InChI=1S/C15H29N3O2/c1-12(2)16-14(15(19)20)5-6-17-7-9-18(10-8-17)11-13-3-4-13/h12-14,16H,3-11H2,1-2H3,(H,19,20). The molecule has 2 aliphatic rings. The molecule has 5 heteroatoms. The fourth-order valence-corrected chi connectivity index (χ4v) is 2.85. The monoisotopic (exact) mass is 283 g/mol. The van der Waals surface area contributed by atoms with Gasteiger partial charge in [0.2, 0.25) is 0 Å². The molecule has 2 N–H and O–H groups in total. The van der Waals surface area contributed by atoms with Crippen molar-refractivity contribution in [2.45, 2.75) is 45.2 Å². The molecular formula is C15H29N3O2. The van der Waals surface area contributed by atoms with Crippen LogP contribution in [0.15, 0.2) is 0 Å². The Labute approximate surface area is 122 Å². The van der Waals surface area contributed by atoms with E-state index in [9.17, 15) is 9.90 Å². The molecule has 0 spiro atoms. The molecule has 1 saturated carbocycles. The number of carboxylic acid groups (broad SMARTS) is 1. The van der Waals surface area contributed by atoms with Crippen LogP contribution in [0.25, 0.3) is 0 Å². The van der Waals surface area contributed by atoms with Crippen molar-refractivity contribution in [3.63, 3.8) is 0 Å². The quantitative estimate of drug-likeness (QED) is 0.692. The predicted octanol–water partition coefficient (Wildman–Crippen LogP) is 0.855. The van der Waals surface area contributed by atoms with E-state index < -0.39 is 12.0 Å². The maximum Gasteiger partial charge on any atom is 0.320 e. The summed E-state index contributed by atoms with van der Waals surface area (Å²) < 4.78 is 0. The smallest absolute Gasteiger partial charge is 0.320 e. The number of hydrogen-bond donors (Lipinski definition) is 2. The largest absolute Gasteiger partial charge is 0.480 e. The lowest BCUT2D eigenvalue weighted by Gasteiger charge is -2.35. The van der Waals surface area contributed by atoms with Crippen molar-refractivity contribution in [1.82, 2.24) is 15.1 Å². The molecule has 0 aromatic heterocycles. The number of piperazine rings is 1. The van der Waals surface area contributed by atoms with E-state index in [1.807, 2.05) is 13.8 Å². The predicted molar refractivity (Wildman–Crippen MR) is 79.9 cm³/mol. The van der Waals surface area contributed by atoms with Gasteiger partial charge in [0.1, 0.15) is 6.04 Å². The fraction of sp³-hybridized carbons (Fsp3) is 0.933. The Hall–Kier alpha value is -0.650. The third-order valence-corrected chi connectivity index (χ3v) is 4.24. The number of hydrogen-bond acceptors (Lipinski definition) is 4. The zero-order chi connectivity index (χ0) is 14.5. The summed E-state index contributed by atoms with van der Waals surface area (Å²) in [5, 5.41) is 12.3. The first-order chi connectivity index (χ1) is 9.54. The molecule has 0 amide bonds. The Morgan fingerprint density at radius 1 is 1.20 bits per heavy atom. The van der Waals surface area contributed by atoms with Crippen LogP contribution in [-0.2, 0) is 4.79 Å². The fourth-order valence-electron chi connectivity index (χ4n) is 2.85. The minimum Gasteiger partial charge on any atom is -0.480 e. The molecule has 2 fully saturated rings. The van der Waals surface area contributed by atoms with Crippen LogP contribution in [0.1, 0.15) is 33.1 Å². The van der Waals surface area contributed by atoms with Crippen LogP contribution in [0.4, 0.5) is 0 Å². The van der Waals surface area contributed by atoms with Gasteiger partial charge in [-0.15, -0.1) is 0 Å². The van der Waals surface area contributed by atoms with Gasteiger partial charge in [-0.05, 0) is 25.2 Å². The highest BCUT2D eigenvalue weighted by molar-refractivity contribution is 5.73. The molecular weight excluding hydrogens is 254 g/mol. The van der Waals surface area contributed by atoms with Gasteiger partial charge in [-0.3, -0.25) is 4.79 Å². The molecule has 1 aliphatic heterocycles. The first kappa shape index (κ1) is 15.7. The molecule has 0 aromatic rings. The summed E-state index contributed by atoms with van der Waals surface area (Å²) in [5.41, 5.74) is 0. The number of carbonyl (C=O) groups is 1. The normalized spacial score (nSPS) is 23.1. The second-order valence-corrected chi connectivity index (χ2v) is 6.59. The van der Waals surface area contributed by atoms with Crippen molar-refractivity contribution in [3.8, 4) is 0 Å².